The van der Waals surface area contributed by atoms with Gasteiger partial charge in [-0.15, -0.1) is 0 Å². The Balaban J connectivity index is 1.89. The van der Waals surface area contributed by atoms with Crippen molar-refractivity contribution in [2.24, 2.45) is 22.7 Å². The van der Waals surface area contributed by atoms with Gasteiger partial charge in [-0.1, -0.05) is 25.1 Å². The summed E-state index contributed by atoms with van der Waals surface area (Å²) in [5, 5.41) is 3.16. The summed E-state index contributed by atoms with van der Waals surface area (Å²) in [6, 6.07) is 9.90. The number of anilines is 1. The summed E-state index contributed by atoms with van der Waals surface area (Å²) in [6.07, 6.45) is 2.71. The Morgan fingerprint density at radius 3 is 2.71 bits per heavy atom. The minimum Gasteiger partial charge on any atom is -0.325 e. The molecular weight excluding hydrogens is 212 g/mol. The fraction of sp³-hybridized carbons (Fsp3) is 0.462. The smallest absolute Gasteiger partial charge is 0.210 e. The van der Waals surface area contributed by atoms with E-state index in [9.17, 15) is 0 Å². The van der Waals surface area contributed by atoms with Crippen molar-refractivity contribution < 1.29 is 0 Å². The highest BCUT2D eigenvalue weighted by Gasteiger charge is 2.27. The second-order valence-corrected chi connectivity index (χ2v) is 4.64. The van der Waals surface area contributed by atoms with E-state index in [-0.39, 0.29) is 0 Å². The molecule has 1 aromatic carbocycles. The predicted molar refractivity (Wildman–Crippen MR) is 71.6 cm³/mol. The number of nitrogens with two attached hydrogens (primary N) is 1. The van der Waals surface area contributed by atoms with Crippen LogP contribution in [0.4, 0.5) is 5.69 Å². The number of nitrogens with zero attached hydrogens (tertiary/aromatic N) is 1. The molecule has 17 heavy (non-hydrogen) atoms. The van der Waals surface area contributed by atoms with Gasteiger partial charge in [0.15, 0.2) is 0 Å². The number of rotatable bonds is 4. The topological polar surface area (TPSA) is 62.4 Å². The van der Waals surface area contributed by atoms with E-state index < -0.39 is 0 Å². The van der Waals surface area contributed by atoms with Crippen LogP contribution in [-0.4, -0.2) is 12.5 Å². The molecule has 4 N–H and O–H groups in total. The first-order valence-corrected chi connectivity index (χ1v) is 6.12. The van der Waals surface area contributed by atoms with Crippen molar-refractivity contribution in [2.45, 2.75) is 19.8 Å². The van der Waals surface area contributed by atoms with E-state index in [4.69, 9.17) is 5.84 Å². The molecule has 1 saturated carbocycles. The molecule has 0 saturated heterocycles. The minimum absolute atomic E-state index is 0.628. The van der Waals surface area contributed by atoms with Crippen LogP contribution in [0.3, 0.4) is 0 Å². The molecule has 4 nitrogen and oxygen atoms in total. The monoisotopic (exact) mass is 232 g/mol. The number of benzene rings is 1. The lowest BCUT2D eigenvalue weighted by Crippen LogP contribution is -2.36. The van der Waals surface area contributed by atoms with Crippen LogP contribution in [0, 0.1) is 11.8 Å². The molecule has 4 heteroatoms. The van der Waals surface area contributed by atoms with Gasteiger partial charge in [0.05, 0.1) is 0 Å². The normalized spacial score (nSPS) is 17.6. The first-order valence-electron chi connectivity index (χ1n) is 6.12. The third kappa shape index (κ3) is 3.75. The first-order chi connectivity index (χ1) is 8.29. The van der Waals surface area contributed by atoms with Crippen LogP contribution < -0.4 is 16.6 Å². The second kappa shape index (κ2) is 5.68. The van der Waals surface area contributed by atoms with Crippen LogP contribution in [-0.2, 0) is 0 Å². The molecule has 1 aromatic rings. The van der Waals surface area contributed by atoms with Crippen LogP contribution in [0.15, 0.2) is 35.3 Å². The lowest BCUT2D eigenvalue weighted by molar-refractivity contribution is 0.522. The number of nitrogens with one attached hydrogen (secondary N) is 2. The van der Waals surface area contributed by atoms with Crippen molar-refractivity contribution in [3.63, 3.8) is 0 Å². The van der Waals surface area contributed by atoms with Gasteiger partial charge in [-0.2, -0.15) is 0 Å². The third-order valence-electron chi connectivity index (χ3n) is 3.14. The van der Waals surface area contributed by atoms with Gasteiger partial charge in [-0.05, 0) is 36.8 Å². The van der Waals surface area contributed by atoms with Crippen LogP contribution >= 0.6 is 0 Å². The van der Waals surface area contributed by atoms with Gasteiger partial charge in [0.2, 0.25) is 5.96 Å². The van der Waals surface area contributed by atoms with E-state index in [1.54, 1.807) is 0 Å². The Morgan fingerprint density at radius 1 is 1.41 bits per heavy atom. The maximum absolute atomic E-state index is 5.46. The maximum atomic E-state index is 5.46. The van der Waals surface area contributed by atoms with E-state index in [1.165, 1.54) is 12.8 Å². The van der Waals surface area contributed by atoms with Crippen LogP contribution in [0.25, 0.3) is 0 Å². The predicted octanol–water partition coefficient (Wildman–Crippen LogP) is 1.96. The molecule has 1 atom stereocenters. The van der Waals surface area contributed by atoms with Gasteiger partial charge in [0.25, 0.3) is 0 Å². The fourth-order valence-corrected chi connectivity index (χ4v) is 1.83. The number of hydrogen-bond acceptors (Lipinski definition) is 2. The molecule has 0 aromatic heterocycles. The van der Waals surface area contributed by atoms with E-state index >= 15 is 0 Å². The molecule has 1 unspecified atom stereocenters. The van der Waals surface area contributed by atoms with E-state index in [0.29, 0.717) is 11.9 Å². The van der Waals surface area contributed by atoms with Gasteiger partial charge < -0.3 is 5.32 Å². The molecule has 0 spiro atoms. The number of hydrazine groups is 1. The summed E-state index contributed by atoms with van der Waals surface area (Å²) in [5.74, 6) is 7.60. The summed E-state index contributed by atoms with van der Waals surface area (Å²) < 4.78 is 0. The standard InChI is InChI=1S/C13H20N4/c1-10(11-7-8-11)9-15-13(17-14)16-12-5-3-2-4-6-12/h2-6,10-11H,7-9,14H2,1H3,(H2,15,16,17). The number of aliphatic imine (C=N–C) groups is 1. The Bertz CT molecular complexity index is 370. The molecule has 1 fully saturated rings. The van der Waals surface area contributed by atoms with E-state index in [2.05, 4.69) is 22.7 Å². The highest BCUT2D eigenvalue weighted by atomic mass is 15.3. The van der Waals surface area contributed by atoms with Crippen molar-refractivity contribution in [3.8, 4) is 0 Å². The van der Waals surface area contributed by atoms with Crippen LogP contribution in [0.1, 0.15) is 19.8 Å². The second-order valence-electron chi connectivity index (χ2n) is 4.64. The minimum atomic E-state index is 0.628. The van der Waals surface area contributed by atoms with Gasteiger partial charge >= 0.3 is 0 Å². The first kappa shape index (κ1) is 11.9. The Kier molecular flexibility index (Phi) is 3.98. The van der Waals surface area contributed by atoms with Crippen molar-refractivity contribution in [2.75, 3.05) is 11.9 Å². The summed E-state index contributed by atoms with van der Waals surface area (Å²) in [7, 11) is 0. The Morgan fingerprint density at radius 2 is 2.12 bits per heavy atom. The van der Waals surface area contributed by atoms with Crippen LogP contribution in [0.5, 0.6) is 0 Å². The zero-order valence-electron chi connectivity index (χ0n) is 10.2. The van der Waals surface area contributed by atoms with Gasteiger partial charge in [0.1, 0.15) is 0 Å². The number of hydrogen-bond donors (Lipinski definition) is 3. The Labute approximate surface area is 102 Å². The van der Waals surface area contributed by atoms with E-state index in [1.807, 2.05) is 30.3 Å². The zero-order chi connectivity index (χ0) is 12.1. The molecule has 0 aliphatic heterocycles. The molecule has 2 rings (SSSR count). The average molecular weight is 232 g/mol. The quantitative estimate of drug-likeness (QED) is 0.322. The van der Waals surface area contributed by atoms with E-state index in [0.717, 1.165) is 18.2 Å². The average Bonchev–Trinajstić information content (AvgIpc) is 3.19. The summed E-state index contributed by atoms with van der Waals surface area (Å²) in [5.41, 5.74) is 3.59. The van der Waals surface area contributed by atoms with Crippen LogP contribution in [0.2, 0.25) is 0 Å². The molecule has 1 aliphatic carbocycles. The Hall–Kier alpha value is -1.55. The fourth-order valence-electron chi connectivity index (χ4n) is 1.83. The number of guanidine groups is 1. The maximum Gasteiger partial charge on any atom is 0.210 e. The highest BCUT2D eigenvalue weighted by Crippen LogP contribution is 2.36. The SMILES string of the molecule is CC(CN=C(NN)Nc1ccccc1)C1CC1. The summed E-state index contributed by atoms with van der Waals surface area (Å²) in [6.45, 7) is 3.07. The largest absolute Gasteiger partial charge is 0.325 e. The third-order valence-corrected chi connectivity index (χ3v) is 3.14. The van der Waals surface area contributed by atoms with Crippen molar-refractivity contribution in [1.29, 1.82) is 0 Å². The van der Waals surface area contributed by atoms with Gasteiger partial charge in [-0.3, -0.25) is 10.4 Å². The van der Waals surface area contributed by atoms with Gasteiger partial charge in [-0.25, -0.2) is 5.84 Å². The number of para-hydroxylation sites is 1. The molecule has 1 aliphatic rings. The summed E-state index contributed by atoms with van der Waals surface area (Å²) in [4.78, 5) is 4.47. The molecule has 0 amide bonds. The van der Waals surface area contributed by atoms with Crippen molar-refractivity contribution in [1.82, 2.24) is 5.43 Å². The van der Waals surface area contributed by atoms with Crippen molar-refractivity contribution in [3.05, 3.63) is 30.3 Å². The molecule has 92 valence electrons. The van der Waals surface area contributed by atoms with Crippen molar-refractivity contribution >= 4 is 11.6 Å². The lowest BCUT2D eigenvalue weighted by atomic mass is 10.1. The molecule has 0 heterocycles. The molecular formula is C13H20N4. The molecule has 0 radical (unpaired) electrons. The highest BCUT2D eigenvalue weighted by molar-refractivity contribution is 5.93. The zero-order valence-corrected chi connectivity index (χ0v) is 10.2. The summed E-state index contributed by atoms with van der Waals surface area (Å²) >= 11 is 0. The van der Waals surface area contributed by atoms with Gasteiger partial charge in [0, 0.05) is 12.2 Å². The lowest BCUT2D eigenvalue weighted by Gasteiger charge is -2.11. The molecule has 0 bridgehead atoms.